The van der Waals surface area contributed by atoms with Crippen LogP contribution < -0.4 is 10.6 Å². The second-order valence-electron chi connectivity index (χ2n) is 6.49. The third kappa shape index (κ3) is 4.99. The summed E-state index contributed by atoms with van der Waals surface area (Å²) >= 11 is 5.94. The van der Waals surface area contributed by atoms with E-state index in [1.807, 2.05) is 31.3 Å². The molecule has 2 aromatic heterocycles. The molecular formula is C18H24Cl2N6. The lowest BCUT2D eigenvalue weighted by Crippen LogP contribution is -2.10. The molecule has 140 valence electrons. The van der Waals surface area contributed by atoms with Crippen molar-refractivity contribution in [3.63, 3.8) is 0 Å². The van der Waals surface area contributed by atoms with E-state index in [1.165, 1.54) is 0 Å². The molecule has 0 atom stereocenters. The highest BCUT2D eigenvalue weighted by atomic mass is 35.5. The largest absolute Gasteiger partial charge is 0.365 e. The van der Waals surface area contributed by atoms with Crippen LogP contribution in [0.2, 0.25) is 5.02 Å². The lowest BCUT2D eigenvalue weighted by Gasteiger charge is -2.11. The molecule has 0 saturated heterocycles. The molecule has 8 heteroatoms. The first-order valence-electron chi connectivity index (χ1n) is 8.45. The summed E-state index contributed by atoms with van der Waals surface area (Å²) in [7, 11) is 1.89. The molecule has 3 rings (SSSR count). The number of fused-ring (bicyclic) bond motifs is 1. The zero-order valence-corrected chi connectivity index (χ0v) is 16.7. The highest BCUT2D eigenvalue weighted by Gasteiger charge is 2.11. The quantitative estimate of drug-likeness (QED) is 0.616. The van der Waals surface area contributed by atoms with Crippen LogP contribution in [-0.2, 0) is 13.6 Å². The first-order chi connectivity index (χ1) is 12.0. The first kappa shape index (κ1) is 20.3. The number of nitrogens with zero attached hydrogens (tertiary/aromatic N) is 4. The molecule has 0 saturated carbocycles. The molecular weight excluding hydrogens is 371 g/mol. The van der Waals surface area contributed by atoms with Crippen LogP contribution >= 0.6 is 24.0 Å². The number of nitrogens with one attached hydrogen (secondary N) is 2. The molecule has 3 aromatic rings. The zero-order chi connectivity index (χ0) is 17.8. The number of hydrogen-bond acceptors (Lipinski definition) is 5. The van der Waals surface area contributed by atoms with E-state index < -0.39 is 0 Å². The van der Waals surface area contributed by atoms with Crippen molar-refractivity contribution in [2.24, 2.45) is 13.0 Å². The van der Waals surface area contributed by atoms with E-state index in [1.54, 1.807) is 10.9 Å². The Morgan fingerprint density at radius 2 is 1.85 bits per heavy atom. The lowest BCUT2D eigenvalue weighted by molar-refractivity contribution is 0.606. The minimum absolute atomic E-state index is 0. The fourth-order valence-electron chi connectivity index (χ4n) is 2.50. The van der Waals surface area contributed by atoms with Gasteiger partial charge in [-0.05, 0) is 30.0 Å². The summed E-state index contributed by atoms with van der Waals surface area (Å²) in [6, 6.07) is 7.77. The van der Waals surface area contributed by atoms with Gasteiger partial charge in [0.15, 0.2) is 5.65 Å². The van der Waals surface area contributed by atoms with Crippen LogP contribution in [0.5, 0.6) is 0 Å². The normalized spacial score (nSPS) is 10.8. The molecule has 0 bridgehead atoms. The SMILES string of the molecule is CC(C)CCNc1nc(NCc2ccc(Cl)cc2)c2cnn(C)c2n1.Cl. The van der Waals surface area contributed by atoms with Crippen LogP contribution in [0.25, 0.3) is 11.0 Å². The van der Waals surface area contributed by atoms with Gasteiger partial charge in [-0.15, -0.1) is 12.4 Å². The molecule has 6 nitrogen and oxygen atoms in total. The molecule has 0 fully saturated rings. The molecule has 2 N–H and O–H groups in total. The van der Waals surface area contributed by atoms with Gasteiger partial charge in [-0.3, -0.25) is 4.68 Å². The maximum Gasteiger partial charge on any atom is 0.226 e. The Bertz CT molecular complexity index is 845. The highest BCUT2D eigenvalue weighted by molar-refractivity contribution is 6.30. The monoisotopic (exact) mass is 394 g/mol. The fourth-order valence-corrected chi connectivity index (χ4v) is 2.62. The molecule has 2 heterocycles. The van der Waals surface area contributed by atoms with Gasteiger partial charge in [-0.25, -0.2) is 0 Å². The average molecular weight is 395 g/mol. The van der Waals surface area contributed by atoms with E-state index in [0.717, 1.165) is 40.4 Å². The Kier molecular flexibility index (Phi) is 7.06. The highest BCUT2D eigenvalue weighted by Crippen LogP contribution is 2.22. The topological polar surface area (TPSA) is 67.7 Å². The first-order valence-corrected chi connectivity index (χ1v) is 8.82. The van der Waals surface area contributed by atoms with Crippen molar-refractivity contribution in [3.8, 4) is 0 Å². The summed E-state index contributed by atoms with van der Waals surface area (Å²) in [5.41, 5.74) is 1.94. The lowest BCUT2D eigenvalue weighted by atomic mass is 10.1. The Hall–Kier alpha value is -2.05. The Morgan fingerprint density at radius 3 is 2.54 bits per heavy atom. The zero-order valence-electron chi connectivity index (χ0n) is 15.2. The molecule has 26 heavy (non-hydrogen) atoms. The number of rotatable bonds is 7. The Balaban J connectivity index is 0.00000243. The summed E-state index contributed by atoms with van der Waals surface area (Å²) in [5, 5.41) is 12.6. The number of halogens is 2. The molecule has 0 unspecified atom stereocenters. The summed E-state index contributed by atoms with van der Waals surface area (Å²) in [5.74, 6) is 2.03. The Morgan fingerprint density at radius 1 is 1.12 bits per heavy atom. The van der Waals surface area contributed by atoms with Crippen molar-refractivity contribution in [2.75, 3.05) is 17.2 Å². The summed E-state index contributed by atoms with van der Waals surface area (Å²) in [4.78, 5) is 9.21. The van der Waals surface area contributed by atoms with E-state index in [4.69, 9.17) is 11.6 Å². The second kappa shape index (κ2) is 9.05. The van der Waals surface area contributed by atoms with Crippen LogP contribution in [0.1, 0.15) is 25.8 Å². The smallest absolute Gasteiger partial charge is 0.226 e. The second-order valence-corrected chi connectivity index (χ2v) is 6.93. The maximum absolute atomic E-state index is 5.94. The van der Waals surface area contributed by atoms with Crippen molar-refractivity contribution in [3.05, 3.63) is 41.0 Å². The van der Waals surface area contributed by atoms with Gasteiger partial charge in [0.1, 0.15) is 5.82 Å². The van der Waals surface area contributed by atoms with Crippen LogP contribution in [0, 0.1) is 5.92 Å². The predicted octanol–water partition coefficient (Wildman–Crippen LogP) is 4.51. The van der Waals surface area contributed by atoms with E-state index in [9.17, 15) is 0 Å². The van der Waals surface area contributed by atoms with Gasteiger partial charge in [0.2, 0.25) is 5.95 Å². The van der Waals surface area contributed by atoms with Gasteiger partial charge < -0.3 is 10.6 Å². The number of benzene rings is 1. The molecule has 0 amide bonds. The van der Waals surface area contributed by atoms with Gasteiger partial charge in [-0.1, -0.05) is 37.6 Å². The van der Waals surface area contributed by atoms with E-state index >= 15 is 0 Å². The summed E-state index contributed by atoms with van der Waals surface area (Å²) in [6.07, 6.45) is 2.86. The number of hydrogen-bond donors (Lipinski definition) is 2. The van der Waals surface area contributed by atoms with Gasteiger partial charge in [-0.2, -0.15) is 15.1 Å². The molecule has 0 aliphatic carbocycles. The van der Waals surface area contributed by atoms with Crippen molar-refractivity contribution in [1.29, 1.82) is 0 Å². The fraction of sp³-hybridized carbons (Fsp3) is 0.389. The van der Waals surface area contributed by atoms with E-state index in [2.05, 4.69) is 39.5 Å². The van der Waals surface area contributed by atoms with Crippen LogP contribution in [0.15, 0.2) is 30.5 Å². The van der Waals surface area contributed by atoms with Gasteiger partial charge in [0.05, 0.1) is 11.6 Å². The van der Waals surface area contributed by atoms with Crippen molar-refractivity contribution < 1.29 is 0 Å². The minimum atomic E-state index is 0. The standard InChI is InChI=1S/C18H23ClN6.ClH/c1-12(2)8-9-20-18-23-16(15-11-22-25(3)17(15)24-18)21-10-13-4-6-14(19)7-5-13;/h4-7,11-12H,8-10H2,1-3H3,(H2,20,21,23,24);1H. The molecule has 0 spiro atoms. The van der Waals surface area contributed by atoms with Gasteiger partial charge in [0, 0.05) is 25.2 Å². The van der Waals surface area contributed by atoms with Crippen LogP contribution in [-0.4, -0.2) is 26.3 Å². The summed E-state index contributed by atoms with van der Waals surface area (Å²) in [6.45, 7) is 5.90. The van der Waals surface area contributed by atoms with Crippen molar-refractivity contribution in [2.45, 2.75) is 26.8 Å². The molecule has 0 radical (unpaired) electrons. The molecule has 1 aromatic carbocycles. The van der Waals surface area contributed by atoms with Crippen LogP contribution in [0.3, 0.4) is 0 Å². The van der Waals surface area contributed by atoms with Gasteiger partial charge in [0.25, 0.3) is 0 Å². The van der Waals surface area contributed by atoms with E-state index in [0.29, 0.717) is 18.4 Å². The van der Waals surface area contributed by atoms with Crippen LogP contribution in [0.4, 0.5) is 11.8 Å². The molecule has 0 aliphatic heterocycles. The minimum Gasteiger partial charge on any atom is -0.365 e. The van der Waals surface area contributed by atoms with Crippen molar-refractivity contribution in [1.82, 2.24) is 19.7 Å². The third-order valence-electron chi connectivity index (χ3n) is 3.97. The third-order valence-corrected chi connectivity index (χ3v) is 4.22. The van der Waals surface area contributed by atoms with Gasteiger partial charge >= 0.3 is 0 Å². The Labute approximate surface area is 164 Å². The maximum atomic E-state index is 5.94. The molecule has 0 aliphatic rings. The number of anilines is 2. The number of aromatic nitrogens is 4. The summed E-state index contributed by atoms with van der Waals surface area (Å²) < 4.78 is 1.76. The van der Waals surface area contributed by atoms with Crippen molar-refractivity contribution >= 4 is 46.8 Å². The predicted molar refractivity (Wildman–Crippen MR) is 110 cm³/mol. The number of aryl methyl sites for hydroxylation is 1. The van der Waals surface area contributed by atoms with E-state index in [-0.39, 0.29) is 12.4 Å². The average Bonchev–Trinajstić information content (AvgIpc) is 2.95.